The van der Waals surface area contributed by atoms with Gasteiger partial charge in [0.25, 0.3) is 0 Å². The molecule has 0 saturated carbocycles. The first kappa shape index (κ1) is 16.1. The molecule has 5 heteroatoms. The average molecular weight is 325 g/mol. The van der Waals surface area contributed by atoms with Gasteiger partial charge >= 0.3 is 5.97 Å². The van der Waals surface area contributed by atoms with E-state index < -0.39 is 11.9 Å². The fraction of sp³-hybridized carbons (Fsp3) is 0.263. The second-order valence-electron chi connectivity index (χ2n) is 5.71. The highest BCUT2D eigenvalue weighted by atomic mass is 16.5. The maximum Gasteiger partial charge on any atom is 0.306 e. The number of fused-ring (bicyclic) bond motifs is 1. The normalized spacial score (nSPS) is 16.1. The lowest BCUT2D eigenvalue weighted by Gasteiger charge is -2.18. The van der Waals surface area contributed by atoms with Gasteiger partial charge in [0, 0.05) is 6.07 Å². The van der Waals surface area contributed by atoms with Gasteiger partial charge in [-0.05, 0) is 24.1 Å². The highest BCUT2D eigenvalue weighted by molar-refractivity contribution is 6.06. The molecular weight excluding hydrogens is 306 g/mol. The maximum atomic E-state index is 12.9. The van der Waals surface area contributed by atoms with Gasteiger partial charge in [-0.2, -0.15) is 0 Å². The number of nitrogens with zero attached hydrogens (tertiary/aromatic N) is 1. The Kier molecular flexibility index (Phi) is 4.51. The van der Waals surface area contributed by atoms with Crippen LogP contribution < -0.4 is 4.90 Å². The summed E-state index contributed by atoms with van der Waals surface area (Å²) in [5.74, 6) is -1.01. The van der Waals surface area contributed by atoms with E-state index in [0.29, 0.717) is 12.2 Å². The molecule has 0 aliphatic carbocycles. The molecule has 0 radical (unpaired) electrons. The molecule has 24 heavy (non-hydrogen) atoms. The van der Waals surface area contributed by atoms with Gasteiger partial charge in [-0.3, -0.25) is 9.59 Å². The van der Waals surface area contributed by atoms with Crippen LogP contribution >= 0.6 is 0 Å². The summed E-state index contributed by atoms with van der Waals surface area (Å²) < 4.78 is 4.99. The molecule has 1 heterocycles. The minimum atomic E-state index is -0.566. The maximum absolute atomic E-state index is 12.9. The van der Waals surface area contributed by atoms with Crippen molar-refractivity contribution >= 4 is 17.6 Å². The van der Waals surface area contributed by atoms with Crippen LogP contribution in [0.15, 0.2) is 48.5 Å². The number of phenolic OH excluding ortho intramolecular Hbond substituents is 1. The van der Waals surface area contributed by atoms with E-state index >= 15 is 0 Å². The fourth-order valence-corrected chi connectivity index (χ4v) is 3.01. The summed E-state index contributed by atoms with van der Waals surface area (Å²) in [6.45, 7) is 2.42. The van der Waals surface area contributed by atoms with Gasteiger partial charge in [-0.15, -0.1) is 0 Å². The summed E-state index contributed by atoms with van der Waals surface area (Å²) in [6.07, 6.45) is 0.00966. The predicted octanol–water partition coefficient (Wildman–Crippen LogP) is 2.98. The number of amides is 1. The Hall–Kier alpha value is -2.82. The van der Waals surface area contributed by atoms with Gasteiger partial charge in [-0.1, -0.05) is 36.4 Å². The zero-order valence-corrected chi connectivity index (χ0v) is 13.4. The van der Waals surface area contributed by atoms with E-state index in [1.54, 1.807) is 24.0 Å². The van der Waals surface area contributed by atoms with Crippen LogP contribution in [0.25, 0.3) is 0 Å². The highest BCUT2D eigenvalue weighted by Crippen LogP contribution is 2.41. The van der Waals surface area contributed by atoms with Crippen molar-refractivity contribution in [1.29, 1.82) is 0 Å². The number of anilines is 1. The van der Waals surface area contributed by atoms with Crippen molar-refractivity contribution in [2.45, 2.75) is 25.8 Å². The lowest BCUT2D eigenvalue weighted by Crippen LogP contribution is -2.29. The van der Waals surface area contributed by atoms with Crippen molar-refractivity contribution in [3.05, 3.63) is 59.7 Å². The number of esters is 1. The minimum absolute atomic E-state index is 0.00966. The first-order valence-corrected chi connectivity index (χ1v) is 7.94. The Bertz CT molecular complexity index is 757. The van der Waals surface area contributed by atoms with Crippen LogP contribution in [-0.2, 0) is 20.9 Å². The van der Waals surface area contributed by atoms with Gasteiger partial charge < -0.3 is 14.7 Å². The molecule has 0 spiro atoms. The molecular formula is C19H19NO4. The molecule has 3 rings (SSSR count). The number of carbonyl (C=O) groups excluding carboxylic acids is 2. The molecule has 0 unspecified atom stereocenters. The van der Waals surface area contributed by atoms with Crippen LogP contribution in [0, 0.1) is 0 Å². The average Bonchev–Trinajstić information content (AvgIpc) is 2.81. The largest absolute Gasteiger partial charge is 0.508 e. The molecule has 0 fully saturated rings. The second-order valence-corrected chi connectivity index (χ2v) is 5.71. The molecule has 1 amide bonds. The number of phenols is 1. The Balaban J connectivity index is 1.92. The summed E-state index contributed by atoms with van der Waals surface area (Å²) in [4.78, 5) is 26.3. The topological polar surface area (TPSA) is 66.8 Å². The van der Waals surface area contributed by atoms with E-state index in [9.17, 15) is 14.7 Å². The number of aromatic hydroxyl groups is 1. The summed E-state index contributed by atoms with van der Waals surface area (Å²) in [7, 11) is 0. The first-order chi connectivity index (χ1) is 11.6. The van der Waals surface area contributed by atoms with E-state index in [-0.39, 0.29) is 24.7 Å². The molecule has 1 atom stereocenters. The smallest absolute Gasteiger partial charge is 0.306 e. The third-order valence-corrected chi connectivity index (χ3v) is 4.10. The van der Waals surface area contributed by atoms with Gasteiger partial charge in [0.05, 0.1) is 31.2 Å². The molecule has 1 aliphatic heterocycles. The lowest BCUT2D eigenvalue weighted by molar-refractivity contribution is -0.144. The molecule has 124 valence electrons. The van der Waals surface area contributed by atoms with E-state index in [1.807, 2.05) is 30.3 Å². The van der Waals surface area contributed by atoms with Gasteiger partial charge in [0.1, 0.15) is 5.75 Å². The highest BCUT2D eigenvalue weighted by Gasteiger charge is 2.38. The fourth-order valence-electron chi connectivity index (χ4n) is 3.01. The van der Waals surface area contributed by atoms with Crippen LogP contribution in [0.1, 0.15) is 30.4 Å². The number of hydrogen-bond donors (Lipinski definition) is 1. The number of ether oxygens (including phenoxy) is 1. The molecule has 0 bridgehead atoms. The van der Waals surface area contributed by atoms with Crippen LogP contribution in [0.5, 0.6) is 5.75 Å². The van der Waals surface area contributed by atoms with Crippen LogP contribution in [0.2, 0.25) is 0 Å². The van der Waals surface area contributed by atoms with E-state index in [4.69, 9.17) is 4.74 Å². The van der Waals surface area contributed by atoms with Crippen molar-refractivity contribution in [1.82, 2.24) is 0 Å². The minimum Gasteiger partial charge on any atom is -0.508 e. The standard InChI is InChI=1S/C19H19NO4/c1-2-24-18(22)11-16-15-9-8-14(21)10-17(15)20(19(16)23)12-13-6-4-3-5-7-13/h3-10,16,21H,2,11-12H2,1H3/t16-/m1/s1. The summed E-state index contributed by atoms with van der Waals surface area (Å²) >= 11 is 0. The van der Waals surface area contributed by atoms with E-state index in [0.717, 1.165) is 11.1 Å². The monoisotopic (exact) mass is 325 g/mol. The molecule has 2 aromatic carbocycles. The van der Waals surface area contributed by atoms with Crippen molar-refractivity contribution in [3.8, 4) is 5.75 Å². The van der Waals surface area contributed by atoms with Crippen molar-refractivity contribution < 1.29 is 19.4 Å². The van der Waals surface area contributed by atoms with Crippen molar-refractivity contribution in [3.63, 3.8) is 0 Å². The van der Waals surface area contributed by atoms with E-state index in [2.05, 4.69) is 0 Å². The van der Waals surface area contributed by atoms with Gasteiger partial charge in [0.2, 0.25) is 5.91 Å². The first-order valence-electron chi connectivity index (χ1n) is 7.94. The van der Waals surface area contributed by atoms with Crippen molar-refractivity contribution in [2.75, 3.05) is 11.5 Å². The third kappa shape index (κ3) is 3.11. The molecule has 5 nitrogen and oxygen atoms in total. The summed E-state index contributed by atoms with van der Waals surface area (Å²) in [6, 6.07) is 14.4. The third-order valence-electron chi connectivity index (χ3n) is 4.10. The number of rotatable bonds is 5. The van der Waals surface area contributed by atoms with Gasteiger partial charge in [-0.25, -0.2) is 0 Å². The zero-order valence-electron chi connectivity index (χ0n) is 13.4. The number of hydrogen-bond acceptors (Lipinski definition) is 4. The SMILES string of the molecule is CCOC(=O)C[C@H]1C(=O)N(Cc2ccccc2)c2cc(O)ccc21. The van der Waals surface area contributed by atoms with Crippen LogP contribution in [-0.4, -0.2) is 23.6 Å². The van der Waals surface area contributed by atoms with Gasteiger partial charge in [0.15, 0.2) is 0 Å². The quantitative estimate of drug-likeness (QED) is 0.858. The summed E-state index contributed by atoms with van der Waals surface area (Å²) in [5.41, 5.74) is 2.39. The van der Waals surface area contributed by atoms with Crippen LogP contribution in [0.4, 0.5) is 5.69 Å². The summed E-state index contributed by atoms with van der Waals surface area (Å²) in [5, 5.41) is 9.79. The molecule has 2 aromatic rings. The Labute approximate surface area is 140 Å². The second kappa shape index (κ2) is 6.74. The molecule has 1 aliphatic rings. The molecule has 1 N–H and O–H groups in total. The number of carbonyl (C=O) groups is 2. The van der Waals surface area contributed by atoms with E-state index in [1.165, 1.54) is 6.07 Å². The lowest BCUT2D eigenvalue weighted by atomic mass is 9.97. The predicted molar refractivity (Wildman–Crippen MR) is 89.7 cm³/mol. The van der Waals surface area contributed by atoms with Crippen molar-refractivity contribution in [2.24, 2.45) is 0 Å². The number of benzene rings is 2. The Morgan fingerprint density at radius 1 is 1.21 bits per heavy atom. The zero-order chi connectivity index (χ0) is 17.1. The molecule has 0 aromatic heterocycles. The Morgan fingerprint density at radius 2 is 1.96 bits per heavy atom. The molecule has 0 saturated heterocycles. The Morgan fingerprint density at radius 3 is 2.67 bits per heavy atom. The van der Waals surface area contributed by atoms with Crippen LogP contribution in [0.3, 0.4) is 0 Å².